The fourth-order valence-corrected chi connectivity index (χ4v) is 2.06. The number of aliphatic imine (C=N–C) groups is 1. The Kier molecular flexibility index (Phi) is 2.22. The first-order valence-corrected chi connectivity index (χ1v) is 5.50. The van der Waals surface area contributed by atoms with Crippen molar-refractivity contribution in [2.24, 2.45) is 16.0 Å². The number of nitrogens with one attached hydrogen (secondary N) is 1. The van der Waals surface area contributed by atoms with E-state index in [9.17, 15) is 9.59 Å². The number of rotatable bonds is 1. The van der Waals surface area contributed by atoms with E-state index in [2.05, 4.69) is 15.4 Å². The number of carbonyl (C=O) groups is 2. The number of anilines is 1. The van der Waals surface area contributed by atoms with Gasteiger partial charge in [-0.25, -0.2) is 9.80 Å². The SMILES string of the molecule is CC1=NN(c2ccccc2)C2=NC(=O)NC(=O)C12. The van der Waals surface area contributed by atoms with E-state index < -0.39 is 11.9 Å². The summed E-state index contributed by atoms with van der Waals surface area (Å²) in [7, 11) is 0. The van der Waals surface area contributed by atoms with Gasteiger partial charge in [0.2, 0.25) is 5.91 Å². The van der Waals surface area contributed by atoms with Crippen LogP contribution in [0.2, 0.25) is 0 Å². The first-order chi connectivity index (χ1) is 8.66. The normalized spacial score (nSPS) is 22.3. The van der Waals surface area contributed by atoms with Crippen molar-refractivity contribution in [1.29, 1.82) is 0 Å². The lowest BCUT2D eigenvalue weighted by atomic mass is 10.0. The van der Waals surface area contributed by atoms with Crippen molar-refractivity contribution in [3.05, 3.63) is 30.3 Å². The second-order valence-corrected chi connectivity index (χ2v) is 4.09. The third kappa shape index (κ3) is 1.50. The number of benzene rings is 1. The molecule has 90 valence electrons. The summed E-state index contributed by atoms with van der Waals surface area (Å²) in [5, 5.41) is 8.01. The molecular formula is C12H10N4O2. The van der Waals surface area contributed by atoms with Crippen LogP contribution in [0.5, 0.6) is 0 Å². The minimum atomic E-state index is -0.642. The minimum Gasteiger partial charge on any atom is -0.275 e. The van der Waals surface area contributed by atoms with Gasteiger partial charge < -0.3 is 0 Å². The highest BCUT2D eigenvalue weighted by atomic mass is 16.2. The van der Waals surface area contributed by atoms with E-state index in [-0.39, 0.29) is 5.91 Å². The molecule has 2 heterocycles. The van der Waals surface area contributed by atoms with Crippen molar-refractivity contribution >= 4 is 29.2 Å². The molecule has 1 unspecified atom stereocenters. The van der Waals surface area contributed by atoms with Crippen LogP contribution in [0.4, 0.5) is 10.5 Å². The molecule has 0 bridgehead atoms. The van der Waals surface area contributed by atoms with Crippen LogP contribution in [0.25, 0.3) is 0 Å². The molecule has 0 saturated carbocycles. The van der Waals surface area contributed by atoms with Crippen LogP contribution in [-0.2, 0) is 4.79 Å². The monoisotopic (exact) mass is 242 g/mol. The van der Waals surface area contributed by atoms with Gasteiger partial charge >= 0.3 is 6.03 Å². The van der Waals surface area contributed by atoms with Gasteiger partial charge in [-0.15, -0.1) is 0 Å². The Labute approximate surface area is 103 Å². The van der Waals surface area contributed by atoms with E-state index in [0.717, 1.165) is 5.69 Å². The van der Waals surface area contributed by atoms with Crippen molar-refractivity contribution in [3.8, 4) is 0 Å². The second kappa shape index (κ2) is 3.76. The summed E-state index contributed by atoms with van der Waals surface area (Å²) in [6.07, 6.45) is 0. The third-order valence-corrected chi connectivity index (χ3v) is 2.86. The zero-order chi connectivity index (χ0) is 12.7. The lowest BCUT2D eigenvalue weighted by Gasteiger charge is -2.20. The van der Waals surface area contributed by atoms with Gasteiger partial charge in [0, 0.05) is 0 Å². The largest absolute Gasteiger partial charge is 0.349 e. The molecule has 3 amide bonds. The summed E-state index contributed by atoms with van der Waals surface area (Å²) < 4.78 is 0. The maximum atomic E-state index is 11.8. The van der Waals surface area contributed by atoms with Gasteiger partial charge in [0.1, 0.15) is 5.92 Å². The molecule has 0 aliphatic carbocycles. The number of amides is 3. The second-order valence-electron chi connectivity index (χ2n) is 4.09. The van der Waals surface area contributed by atoms with E-state index in [4.69, 9.17) is 0 Å². The van der Waals surface area contributed by atoms with Gasteiger partial charge in [0.15, 0.2) is 5.84 Å². The fraction of sp³-hybridized carbons (Fsp3) is 0.167. The molecule has 2 aliphatic heterocycles. The quantitative estimate of drug-likeness (QED) is 0.802. The van der Waals surface area contributed by atoms with Crippen LogP contribution in [0.15, 0.2) is 40.4 Å². The Hall–Kier alpha value is -2.50. The Morgan fingerprint density at radius 3 is 2.67 bits per heavy atom. The molecule has 1 atom stereocenters. The number of carbonyl (C=O) groups excluding carboxylic acids is 2. The van der Waals surface area contributed by atoms with E-state index in [1.54, 1.807) is 6.92 Å². The summed E-state index contributed by atoms with van der Waals surface area (Å²) in [4.78, 5) is 26.9. The van der Waals surface area contributed by atoms with Crippen LogP contribution < -0.4 is 10.3 Å². The maximum absolute atomic E-state index is 11.8. The zero-order valence-corrected chi connectivity index (χ0v) is 9.62. The summed E-state index contributed by atoms with van der Waals surface area (Å²) in [6.45, 7) is 1.75. The molecule has 3 rings (SSSR count). The standard InChI is InChI=1S/C12H10N4O2/c1-7-9-10(13-12(18)14-11(9)17)16(15-7)8-5-3-2-4-6-8/h2-6,9H,1H3,(H,14,17,18). The van der Waals surface area contributed by atoms with Crippen LogP contribution in [0.1, 0.15) is 6.92 Å². The molecule has 6 heteroatoms. The van der Waals surface area contributed by atoms with Crippen LogP contribution in [-0.4, -0.2) is 23.5 Å². The number of nitrogens with zero attached hydrogens (tertiary/aromatic N) is 3. The van der Waals surface area contributed by atoms with Gasteiger partial charge in [-0.1, -0.05) is 18.2 Å². The molecule has 0 aromatic heterocycles. The van der Waals surface area contributed by atoms with E-state index in [1.165, 1.54) is 5.01 Å². The van der Waals surface area contributed by atoms with Crippen molar-refractivity contribution in [1.82, 2.24) is 5.32 Å². The Balaban J connectivity index is 2.08. The van der Waals surface area contributed by atoms with Gasteiger partial charge in [0.25, 0.3) is 0 Å². The number of hydrogen-bond acceptors (Lipinski definition) is 4. The highest BCUT2D eigenvalue weighted by molar-refractivity contribution is 6.33. The highest BCUT2D eigenvalue weighted by Crippen LogP contribution is 2.26. The van der Waals surface area contributed by atoms with Gasteiger partial charge in [-0.2, -0.15) is 10.1 Å². The number of hydrogen-bond donors (Lipinski definition) is 1. The lowest BCUT2D eigenvalue weighted by molar-refractivity contribution is -0.120. The zero-order valence-electron chi connectivity index (χ0n) is 9.62. The Morgan fingerprint density at radius 1 is 1.22 bits per heavy atom. The molecule has 1 N–H and O–H groups in total. The van der Waals surface area contributed by atoms with Gasteiger partial charge in [0.05, 0.1) is 11.4 Å². The van der Waals surface area contributed by atoms with Gasteiger partial charge in [-0.05, 0) is 19.1 Å². The molecular weight excluding hydrogens is 232 g/mol. The Morgan fingerprint density at radius 2 is 1.94 bits per heavy atom. The maximum Gasteiger partial charge on any atom is 0.349 e. The predicted octanol–water partition coefficient (Wildman–Crippen LogP) is 1.15. The molecule has 0 radical (unpaired) electrons. The average molecular weight is 242 g/mol. The third-order valence-electron chi connectivity index (χ3n) is 2.86. The molecule has 1 aromatic carbocycles. The smallest absolute Gasteiger partial charge is 0.275 e. The fourth-order valence-electron chi connectivity index (χ4n) is 2.06. The van der Waals surface area contributed by atoms with Crippen LogP contribution in [0.3, 0.4) is 0 Å². The minimum absolute atomic E-state index is 0.368. The number of hydrazone groups is 1. The van der Waals surface area contributed by atoms with Crippen molar-refractivity contribution in [2.45, 2.75) is 6.92 Å². The Bertz CT molecular complexity index is 591. The first-order valence-electron chi connectivity index (χ1n) is 5.50. The molecule has 18 heavy (non-hydrogen) atoms. The average Bonchev–Trinajstić information content (AvgIpc) is 2.67. The van der Waals surface area contributed by atoms with Gasteiger partial charge in [-0.3, -0.25) is 10.1 Å². The van der Waals surface area contributed by atoms with Crippen molar-refractivity contribution in [2.75, 3.05) is 5.01 Å². The summed E-state index contributed by atoms with van der Waals surface area (Å²) in [6, 6.07) is 8.65. The van der Waals surface area contributed by atoms with Crippen LogP contribution >= 0.6 is 0 Å². The van der Waals surface area contributed by atoms with E-state index in [0.29, 0.717) is 11.5 Å². The number of urea groups is 1. The molecule has 6 nitrogen and oxygen atoms in total. The lowest BCUT2D eigenvalue weighted by Crippen LogP contribution is -2.47. The molecule has 2 aliphatic rings. The number of para-hydroxylation sites is 1. The predicted molar refractivity (Wildman–Crippen MR) is 66.5 cm³/mol. The number of fused-ring (bicyclic) bond motifs is 1. The summed E-state index contributed by atoms with van der Waals surface area (Å²) in [5.74, 6) is -0.569. The first kappa shape index (κ1) is 10.6. The van der Waals surface area contributed by atoms with Crippen LogP contribution in [0, 0.1) is 5.92 Å². The van der Waals surface area contributed by atoms with Crippen molar-refractivity contribution < 1.29 is 9.59 Å². The van der Waals surface area contributed by atoms with E-state index >= 15 is 0 Å². The summed E-state index contributed by atoms with van der Waals surface area (Å²) >= 11 is 0. The topological polar surface area (TPSA) is 74.1 Å². The number of amidine groups is 1. The van der Waals surface area contributed by atoms with Crippen molar-refractivity contribution in [3.63, 3.8) is 0 Å². The molecule has 0 spiro atoms. The number of imide groups is 1. The molecule has 1 aromatic rings. The summed E-state index contributed by atoms with van der Waals surface area (Å²) in [5.41, 5.74) is 1.41. The highest BCUT2D eigenvalue weighted by Gasteiger charge is 2.41. The van der Waals surface area contributed by atoms with E-state index in [1.807, 2.05) is 30.3 Å². The molecule has 0 saturated heterocycles. The molecule has 0 fully saturated rings.